The van der Waals surface area contributed by atoms with Crippen LogP contribution < -0.4 is 4.90 Å². The minimum atomic E-state index is -0.333. The lowest BCUT2D eigenvalue weighted by Gasteiger charge is -2.20. The van der Waals surface area contributed by atoms with Crippen molar-refractivity contribution in [3.8, 4) is 39.1 Å². The molecule has 0 atom stereocenters. The number of carbonyl (C=O) groups excluding carboxylic acids is 2. The summed E-state index contributed by atoms with van der Waals surface area (Å²) in [4.78, 5) is 30.7. The molecule has 4 nitrogen and oxygen atoms in total. The van der Waals surface area contributed by atoms with Crippen LogP contribution in [0.4, 0.5) is 5.69 Å². The lowest BCUT2D eigenvalue weighted by Crippen LogP contribution is -2.30. The molecule has 0 N–H and O–H groups in total. The van der Waals surface area contributed by atoms with E-state index in [9.17, 15) is 9.59 Å². The second-order valence-electron chi connectivity index (χ2n) is 13.0. The molecule has 0 aliphatic carbocycles. The molecule has 0 unspecified atom stereocenters. The summed E-state index contributed by atoms with van der Waals surface area (Å²) in [5.41, 5.74) is 12.4. The number of carbonyl (C=O) groups is 2. The maximum Gasteiger partial charge on any atom is 0.268 e. The van der Waals surface area contributed by atoms with Gasteiger partial charge in [0.2, 0.25) is 0 Å². The zero-order valence-electron chi connectivity index (χ0n) is 27.7. The third-order valence-corrected chi connectivity index (χ3v) is 9.79. The van der Waals surface area contributed by atoms with Crippen molar-refractivity contribution in [2.75, 3.05) is 4.90 Å². The van der Waals surface area contributed by atoms with Crippen LogP contribution in [0.1, 0.15) is 31.8 Å². The summed E-state index contributed by atoms with van der Waals surface area (Å²) in [6.07, 6.45) is 0. The van der Waals surface area contributed by atoms with E-state index in [1.54, 1.807) is 6.07 Å². The van der Waals surface area contributed by atoms with E-state index in [1.807, 2.05) is 84.9 Å². The number of aryl methyl sites for hydroxylation is 2. The van der Waals surface area contributed by atoms with E-state index in [4.69, 9.17) is 0 Å². The zero-order valence-corrected chi connectivity index (χ0v) is 27.7. The van der Waals surface area contributed by atoms with Crippen LogP contribution in [0.5, 0.6) is 0 Å². The monoisotopic (exact) mass is 644 g/mol. The van der Waals surface area contributed by atoms with Gasteiger partial charge in [-0.25, -0.2) is 4.90 Å². The summed E-state index contributed by atoms with van der Waals surface area (Å²) < 4.78 is 2.18. The molecule has 0 bridgehead atoms. The van der Waals surface area contributed by atoms with E-state index >= 15 is 0 Å². The average molecular weight is 645 g/mol. The van der Waals surface area contributed by atoms with Crippen molar-refractivity contribution in [1.29, 1.82) is 0 Å². The van der Waals surface area contributed by atoms with Crippen LogP contribution in [0.3, 0.4) is 0 Å². The number of fused-ring (bicyclic) bond motifs is 4. The van der Waals surface area contributed by atoms with E-state index < -0.39 is 0 Å². The average Bonchev–Trinajstić information content (AvgIpc) is 3.62. The van der Waals surface area contributed by atoms with E-state index in [-0.39, 0.29) is 11.8 Å². The second-order valence-corrected chi connectivity index (χ2v) is 13.0. The van der Waals surface area contributed by atoms with Crippen LogP contribution >= 0.6 is 0 Å². The van der Waals surface area contributed by atoms with E-state index in [1.165, 1.54) is 16.0 Å². The molecule has 0 spiro atoms. The van der Waals surface area contributed by atoms with E-state index in [0.29, 0.717) is 22.5 Å². The first kappa shape index (κ1) is 29.6. The highest BCUT2D eigenvalue weighted by atomic mass is 16.2. The number of benzene rings is 7. The van der Waals surface area contributed by atoms with Gasteiger partial charge in [0.1, 0.15) is 0 Å². The van der Waals surface area contributed by atoms with Gasteiger partial charge >= 0.3 is 0 Å². The molecule has 1 aliphatic rings. The molecular weight excluding hydrogens is 613 g/mol. The van der Waals surface area contributed by atoms with Crippen molar-refractivity contribution in [1.82, 2.24) is 4.57 Å². The summed E-state index contributed by atoms with van der Waals surface area (Å²) in [7, 11) is 0. The van der Waals surface area contributed by atoms with Gasteiger partial charge in [0.25, 0.3) is 11.8 Å². The van der Waals surface area contributed by atoms with Crippen LogP contribution in [-0.2, 0) is 0 Å². The Morgan fingerprint density at radius 1 is 0.420 bits per heavy atom. The van der Waals surface area contributed by atoms with Gasteiger partial charge in [-0.1, -0.05) is 139 Å². The van der Waals surface area contributed by atoms with Crippen LogP contribution in [0.2, 0.25) is 0 Å². The highest BCUT2D eigenvalue weighted by Gasteiger charge is 2.40. The molecule has 2 amide bonds. The predicted octanol–water partition coefficient (Wildman–Crippen LogP) is 11.2. The number of amides is 2. The van der Waals surface area contributed by atoms with Crippen LogP contribution in [-0.4, -0.2) is 16.4 Å². The number of hydrogen-bond donors (Lipinski definition) is 0. The summed E-state index contributed by atoms with van der Waals surface area (Å²) in [6.45, 7) is 4.23. The van der Waals surface area contributed by atoms with Gasteiger partial charge in [-0.2, -0.15) is 0 Å². The first-order valence-electron chi connectivity index (χ1n) is 16.9. The largest absolute Gasteiger partial charge is 0.308 e. The fourth-order valence-electron chi connectivity index (χ4n) is 7.69. The smallest absolute Gasteiger partial charge is 0.268 e. The highest BCUT2D eigenvalue weighted by Crippen LogP contribution is 2.43. The van der Waals surface area contributed by atoms with Gasteiger partial charge in [-0.15, -0.1) is 0 Å². The normalized spacial score (nSPS) is 12.6. The SMILES string of the molecule is Cc1cc(C)cc(-c2cccc3c4ccccc4n(-c4cccc5c4C(=O)N(c4ccc(-c6ccccc6)cc4-c4ccccc4)C5=O)c23)c1. The highest BCUT2D eigenvalue weighted by molar-refractivity contribution is 6.36. The van der Waals surface area contributed by atoms with Gasteiger partial charge in [0.15, 0.2) is 0 Å². The van der Waals surface area contributed by atoms with Gasteiger partial charge in [0.05, 0.1) is 33.5 Å². The number of rotatable bonds is 5. The first-order chi connectivity index (χ1) is 24.5. The molecular formula is C46H32N2O2. The topological polar surface area (TPSA) is 42.3 Å². The summed E-state index contributed by atoms with van der Waals surface area (Å²) >= 11 is 0. The number of para-hydroxylation sites is 2. The van der Waals surface area contributed by atoms with Crippen molar-refractivity contribution in [2.45, 2.75) is 13.8 Å². The fourth-order valence-corrected chi connectivity index (χ4v) is 7.69. The molecule has 0 saturated heterocycles. The third-order valence-electron chi connectivity index (χ3n) is 9.79. The lowest BCUT2D eigenvalue weighted by atomic mass is 9.97. The maximum absolute atomic E-state index is 14.9. The standard InChI is InChI=1S/C46H32N2O2/c1-29-25-30(2)27-34(26-29)35-18-11-19-37-36-17-9-10-21-40(36)47(44(35)37)42-22-12-20-38-43(42)46(50)48(45(38)49)41-24-23-33(31-13-5-3-6-14-31)28-39(41)32-15-7-4-8-16-32/h3-28H,1-2H3. The fraction of sp³-hybridized carbons (Fsp3) is 0.0435. The number of anilines is 1. The number of aromatic nitrogens is 1. The molecule has 7 aromatic carbocycles. The van der Waals surface area contributed by atoms with Crippen LogP contribution in [0.15, 0.2) is 158 Å². The maximum atomic E-state index is 14.9. The summed E-state index contributed by atoms with van der Waals surface area (Å²) in [6, 6.07) is 53.0. The summed E-state index contributed by atoms with van der Waals surface area (Å²) in [5.74, 6) is -0.660. The van der Waals surface area contributed by atoms with Crippen molar-refractivity contribution in [3.05, 3.63) is 180 Å². The predicted molar refractivity (Wildman–Crippen MR) is 204 cm³/mol. The van der Waals surface area contributed by atoms with Gasteiger partial charge in [0, 0.05) is 21.9 Å². The Kier molecular flexibility index (Phi) is 6.85. The van der Waals surface area contributed by atoms with Crippen molar-refractivity contribution in [3.63, 3.8) is 0 Å². The van der Waals surface area contributed by atoms with E-state index in [2.05, 4.69) is 85.1 Å². The third kappa shape index (κ3) is 4.61. The number of hydrogen-bond acceptors (Lipinski definition) is 2. The zero-order chi connectivity index (χ0) is 33.9. The molecule has 8 aromatic rings. The Hall–Kier alpha value is -6.52. The first-order valence-corrected chi connectivity index (χ1v) is 16.9. The Morgan fingerprint density at radius 2 is 1.06 bits per heavy atom. The quantitative estimate of drug-likeness (QED) is 0.175. The van der Waals surface area contributed by atoms with Gasteiger partial charge in [-0.3, -0.25) is 9.59 Å². The van der Waals surface area contributed by atoms with Crippen molar-refractivity contribution in [2.24, 2.45) is 0 Å². The Morgan fingerprint density at radius 3 is 1.82 bits per heavy atom. The molecule has 0 radical (unpaired) electrons. The molecule has 238 valence electrons. The molecule has 2 heterocycles. The molecule has 0 saturated carbocycles. The minimum absolute atomic E-state index is 0.327. The van der Waals surface area contributed by atoms with Gasteiger partial charge in [-0.05, 0) is 66.4 Å². The van der Waals surface area contributed by atoms with Crippen LogP contribution in [0.25, 0.3) is 60.9 Å². The summed E-state index contributed by atoms with van der Waals surface area (Å²) in [5, 5.41) is 2.18. The van der Waals surface area contributed by atoms with Crippen molar-refractivity contribution < 1.29 is 9.59 Å². The Labute approximate surface area is 290 Å². The number of nitrogens with zero attached hydrogens (tertiary/aromatic N) is 2. The minimum Gasteiger partial charge on any atom is -0.308 e. The van der Waals surface area contributed by atoms with Gasteiger partial charge < -0.3 is 4.57 Å². The molecule has 50 heavy (non-hydrogen) atoms. The molecule has 4 heteroatoms. The molecule has 1 aromatic heterocycles. The lowest BCUT2D eigenvalue weighted by molar-refractivity contribution is 0.0926. The Balaban J connectivity index is 1.27. The molecule has 9 rings (SSSR count). The Bertz CT molecular complexity index is 2630. The second kappa shape index (κ2) is 11.6. The van der Waals surface area contributed by atoms with Crippen LogP contribution in [0, 0.1) is 13.8 Å². The molecule has 0 fully saturated rings. The van der Waals surface area contributed by atoms with Crippen molar-refractivity contribution >= 4 is 39.3 Å². The molecule has 1 aliphatic heterocycles. The van der Waals surface area contributed by atoms with E-state index in [0.717, 1.165) is 55.2 Å². The number of imide groups is 1.